The summed E-state index contributed by atoms with van der Waals surface area (Å²) in [6, 6.07) is 4.16. The van der Waals surface area contributed by atoms with E-state index in [1.54, 1.807) is 7.11 Å². The Balaban J connectivity index is 1.92. The molecule has 0 saturated carbocycles. The summed E-state index contributed by atoms with van der Waals surface area (Å²) in [5.74, 6) is -0.0413. The van der Waals surface area contributed by atoms with Crippen LogP contribution >= 0.6 is 0 Å². The molecule has 0 aliphatic carbocycles. The molecule has 0 unspecified atom stereocenters. The Hall–Kier alpha value is -2.68. The molecular formula is C16H17F3N4O2. The standard InChI is InChI=1S/C16H17F3N4O2/c1-25-8-2-7-20-14-10-21-13(9-22-14)15(24)23-12-5-3-11(4-6-12)16(17,18)19/h3-6,9-10H,2,7-8H2,1H3,(H,20,22)(H,23,24). The van der Waals surface area contributed by atoms with Gasteiger partial charge >= 0.3 is 6.18 Å². The number of rotatable bonds is 7. The Morgan fingerprint density at radius 1 is 1.16 bits per heavy atom. The van der Waals surface area contributed by atoms with Gasteiger partial charge in [0.1, 0.15) is 11.5 Å². The number of benzene rings is 1. The fourth-order valence-electron chi connectivity index (χ4n) is 1.91. The third-order valence-corrected chi connectivity index (χ3v) is 3.19. The summed E-state index contributed by atoms with van der Waals surface area (Å²) in [7, 11) is 1.61. The zero-order chi connectivity index (χ0) is 18.3. The summed E-state index contributed by atoms with van der Waals surface area (Å²) < 4.78 is 42.4. The quantitative estimate of drug-likeness (QED) is 0.747. The summed E-state index contributed by atoms with van der Waals surface area (Å²) in [5, 5.41) is 5.49. The number of carbonyl (C=O) groups is 1. The number of aromatic nitrogens is 2. The predicted octanol–water partition coefficient (Wildman–Crippen LogP) is 3.20. The van der Waals surface area contributed by atoms with Crippen molar-refractivity contribution >= 4 is 17.4 Å². The molecule has 0 aliphatic rings. The lowest BCUT2D eigenvalue weighted by Gasteiger charge is -2.09. The Bertz CT molecular complexity index is 688. The number of hydrogen-bond donors (Lipinski definition) is 2. The minimum Gasteiger partial charge on any atom is -0.385 e. The molecule has 1 aromatic carbocycles. The zero-order valence-electron chi connectivity index (χ0n) is 13.4. The first-order chi connectivity index (χ1) is 11.9. The van der Waals surface area contributed by atoms with Gasteiger partial charge in [-0.05, 0) is 30.7 Å². The lowest BCUT2D eigenvalue weighted by molar-refractivity contribution is -0.137. The van der Waals surface area contributed by atoms with Gasteiger partial charge in [-0.2, -0.15) is 13.2 Å². The van der Waals surface area contributed by atoms with Crippen LogP contribution in [-0.4, -0.2) is 36.1 Å². The highest BCUT2D eigenvalue weighted by atomic mass is 19.4. The number of amides is 1. The maximum absolute atomic E-state index is 12.5. The molecule has 0 bridgehead atoms. The van der Waals surface area contributed by atoms with Crippen molar-refractivity contribution in [2.24, 2.45) is 0 Å². The number of ether oxygens (including phenoxy) is 1. The first-order valence-electron chi connectivity index (χ1n) is 7.43. The number of hydrogen-bond acceptors (Lipinski definition) is 5. The van der Waals surface area contributed by atoms with Crippen LogP contribution in [0.5, 0.6) is 0 Å². The number of anilines is 2. The number of nitrogens with zero attached hydrogens (tertiary/aromatic N) is 2. The Labute approximate surface area is 142 Å². The highest BCUT2D eigenvalue weighted by Gasteiger charge is 2.30. The van der Waals surface area contributed by atoms with Crippen molar-refractivity contribution in [3.05, 3.63) is 47.9 Å². The second kappa shape index (κ2) is 8.43. The number of halogens is 3. The fraction of sp³-hybridized carbons (Fsp3) is 0.312. The minimum atomic E-state index is -4.42. The molecule has 0 fully saturated rings. The molecule has 6 nitrogen and oxygen atoms in total. The largest absolute Gasteiger partial charge is 0.416 e. The average Bonchev–Trinajstić information content (AvgIpc) is 2.59. The van der Waals surface area contributed by atoms with Crippen LogP contribution in [0.15, 0.2) is 36.7 Å². The maximum Gasteiger partial charge on any atom is 0.416 e. The van der Waals surface area contributed by atoms with Crippen molar-refractivity contribution in [1.82, 2.24) is 9.97 Å². The van der Waals surface area contributed by atoms with E-state index >= 15 is 0 Å². The van der Waals surface area contributed by atoms with Crippen LogP contribution in [-0.2, 0) is 10.9 Å². The molecule has 0 saturated heterocycles. The van der Waals surface area contributed by atoms with Crippen LogP contribution in [0.4, 0.5) is 24.7 Å². The highest BCUT2D eigenvalue weighted by molar-refractivity contribution is 6.02. The topological polar surface area (TPSA) is 76.1 Å². The van der Waals surface area contributed by atoms with Gasteiger partial charge in [-0.25, -0.2) is 9.97 Å². The van der Waals surface area contributed by atoms with Gasteiger partial charge in [-0.1, -0.05) is 0 Å². The molecule has 0 atom stereocenters. The lowest BCUT2D eigenvalue weighted by Crippen LogP contribution is -2.15. The predicted molar refractivity (Wildman–Crippen MR) is 86.4 cm³/mol. The van der Waals surface area contributed by atoms with E-state index < -0.39 is 17.6 Å². The van der Waals surface area contributed by atoms with E-state index in [0.29, 0.717) is 19.0 Å². The molecule has 0 aliphatic heterocycles. The van der Waals surface area contributed by atoms with Gasteiger partial charge in [-0.15, -0.1) is 0 Å². The van der Waals surface area contributed by atoms with Crippen molar-refractivity contribution in [2.75, 3.05) is 30.9 Å². The smallest absolute Gasteiger partial charge is 0.385 e. The number of carbonyl (C=O) groups excluding carboxylic acids is 1. The average molecular weight is 354 g/mol. The minimum absolute atomic E-state index is 0.0577. The summed E-state index contributed by atoms with van der Waals surface area (Å²) in [6.45, 7) is 1.27. The fourth-order valence-corrected chi connectivity index (χ4v) is 1.91. The van der Waals surface area contributed by atoms with Crippen LogP contribution in [0.1, 0.15) is 22.5 Å². The van der Waals surface area contributed by atoms with Gasteiger partial charge in [0, 0.05) is 25.9 Å². The molecule has 2 N–H and O–H groups in total. The Kier molecular flexibility index (Phi) is 6.29. The van der Waals surface area contributed by atoms with Crippen molar-refractivity contribution < 1.29 is 22.7 Å². The molecule has 25 heavy (non-hydrogen) atoms. The first-order valence-corrected chi connectivity index (χ1v) is 7.43. The van der Waals surface area contributed by atoms with Gasteiger partial charge in [0.25, 0.3) is 5.91 Å². The number of methoxy groups -OCH3 is 1. The summed E-state index contributed by atoms with van der Waals surface area (Å²) >= 11 is 0. The van der Waals surface area contributed by atoms with E-state index in [1.165, 1.54) is 24.5 Å². The van der Waals surface area contributed by atoms with E-state index in [4.69, 9.17) is 4.74 Å². The molecule has 2 rings (SSSR count). The SMILES string of the molecule is COCCCNc1cnc(C(=O)Nc2ccc(C(F)(F)F)cc2)cn1. The molecule has 134 valence electrons. The maximum atomic E-state index is 12.5. The molecule has 1 amide bonds. The third-order valence-electron chi connectivity index (χ3n) is 3.19. The Morgan fingerprint density at radius 3 is 2.44 bits per heavy atom. The zero-order valence-corrected chi connectivity index (χ0v) is 13.4. The van der Waals surface area contributed by atoms with Gasteiger partial charge in [0.15, 0.2) is 0 Å². The van der Waals surface area contributed by atoms with Crippen LogP contribution < -0.4 is 10.6 Å². The van der Waals surface area contributed by atoms with Gasteiger partial charge < -0.3 is 15.4 Å². The monoisotopic (exact) mass is 354 g/mol. The molecular weight excluding hydrogens is 337 g/mol. The molecule has 1 aromatic heterocycles. The summed E-state index contributed by atoms with van der Waals surface area (Å²) in [4.78, 5) is 20.1. The molecule has 9 heteroatoms. The van der Waals surface area contributed by atoms with Crippen LogP contribution in [0.25, 0.3) is 0 Å². The second-order valence-corrected chi connectivity index (χ2v) is 5.09. The third kappa shape index (κ3) is 5.71. The van der Waals surface area contributed by atoms with Crippen LogP contribution in [0.2, 0.25) is 0 Å². The Morgan fingerprint density at radius 2 is 1.88 bits per heavy atom. The molecule has 0 radical (unpaired) electrons. The number of alkyl halides is 3. The lowest BCUT2D eigenvalue weighted by atomic mass is 10.2. The van der Waals surface area contributed by atoms with Crippen LogP contribution in [0, 0.1) is 0 Å². The van der Waals surface area contributed by atoms with Crippen molar-refractivity contribution in [3.8, 4) is 0 Å². The van der Waals surface area contributed by atoms with Gasteiger partial charge in [0.2, 0.25) is 0 Å². The van der Waals surface area contributed by atoms with Gasteiger partial charge in [-0.3, -0.25) is 4.79 Å². The van der Waals surface area contributed by atoms with E-state index in [2.05, 4.69) is 20.6 Å². The molecule has 2 aromatic rings. The normalized spacial score (nSPS) is 11.2. The second-order valence-electron chi connectivity index (χ2n) is 5.09. The van der Waals surface area contributed by atoms with E-state index in [0.717, 1.165) is 18.6 Å². The van der Waals surface area contributed by atoms with Crippen molar-refractivity contribution in [1.29, 1.82) is 0 Å². The molecule has 0 spiro atoms. The highest BCUT2D eigenvalue weighted by Crippen LogP contribution is 2.29. The van der Waals surface area contributed by atoms with Crippen molar-refractivity contribution in [2.45, 2.75) is 12.6 Å². The van der Waals surface area contributed by atoms with E-state index in [9.17, 15) is 18.0 Å². The summed E-state index contributed by atoms with van der Waals surface area (Å²) in [5.41, 5.74) is -0.488. The summed E-state index contributed by atoms with van der Waals surface area (Å²) in [6.07, 6.45) is -0.916. The van der Waals surface area contributed by atoms with Crippen LogP contribution in [0.3, 0.4) is 0 Å². The first kappa shape index (κ1) is 18.7. The van der Waals surface area contributed by atoms with E-state index in [1.807, 2.05) is 0 Å². The van der Waals surface area contributed by atoms with Gasteiger partial charge in [0.05, 0.1) is 18.0 Å². The molecule has 1 heterocycles. The van der Waals surface area contributed by atoms with E-state index in [-0.39, 0.29) is 11.4 Å². The number of nitrogens with one attached hydrogen (secondary N) is 2. The van der Waals surface area contributed by atoms with Crippen molar-refractivity contribution in [3.63, 3.8) is 0 Å².